The highest BCUT2D eigenvalue weighted by molar-refractivity contribution is 5.92. The van der Waals surface area contributed by atoms with Gasteiger partial charge in [0.15, 0.2) is 0 Å². The fraction of sp³-hybridized carbons (Fsp3) is 0.538. The number of nitrogens with zero attached hydrogens (tertiary/aromatic N) is 3. The molecule has 1 aromatic heterocycles. The summed E-state index contributed by atoms with van der Waals surface area (Å²) in [6.07, 6.45) is 1.67. The maximum atomic E-state index is 12.2. The van der Waals surface area contributed by atoms with E-state index >= 15 is 0 Å². The number of hydrogen-bond acceptors (Lipinski definition) is 4. The number of rotatable bonds is 2. The summed E-state index contributed by atoms with van der Waals surface area (Å²) in [4.78, 5) is 20.7. The first-order valence-corrected chi connectivity index (χ1v) is 6.49. The maximum Gasteiger partial charge on any atom is 0.272 e. The van der Waals surface area contributed by atoms with Crippen molar-refractivity contribution in [3.63, 3.8) is 0 Å². The smallest absolute Gasteiger partial charge is 0.272 e. The molecule has 18 heavy (non-hydrogen) atoms. The zero-order valence-electron chi connectivity index (χ0n) is 10.4. The van der Waals surface area contributed by atoms with E-state index in [4.69, 9.17) is 0 Å². The lowest BCUT2D eigenvalue weighted by Crippen LogP contribution is -2.62. The van der Waals surface area contributed by atoms with Crippen LogP contribution < -0.4 is 5.32 Å². The molecule has 2 fully saturated rings. The van der Waals surface area contributed by atoms with Crippen molar-refractivity contribution >= 4 is 5.91 Å². The summed E-state index contributed by atoms with van der Waals surface area (Å²) in [7, 11) is 0. The van der Waals surface area contributed by atoms with E-state index in [1.54, 1.807) is 12.3 Å². The van der Waals surface area contributed by atoms with Gasteiger partial charge in [0, 0.05) is 51.5 Å². The number of hydrogen-bond donors (Lipinski definition) is 1. The molecule has 0 atom stereocenters. The van der Waals surface area contributed by atoms with Gasteiger partial charge in [0.25, 0.3) is 5.91 Å². The predicted molar refractivity (Wildman–Crippen MR) is 68.4 cm³/mol. The van der Waals surface area contributed by atoms with E-state index in [0.29, 0.717) is 11.7 Å². The van der Waals surface area contributed by atoms with Crippen molar-refractivity contribution in [2.45, 2.75) is 6.04 Å². The van der Waals surface area contributed by atoms with Crippen molar-refractivity contribution in [1.29, 1.82) is 0 Å². The molecule has 5 heteroatoms. The summed E-state index contributed by atoms with van der Waals surface area (Å²) >= 11 is 0. The minimum atomic E-state index is 0.0574. The number of aromatic nitrogens is 1. The van der Waals surface area contributed by atoms with E-state index in [1.807, 2.05) is 17.0 Å². The average Bonchev–Trinajstić information content (AvgIpc) is 2.38. The van der Waals surface area contributed by atoms with E-state index in [1.165, 1.54) is 0 Å². The molecule has 0 aromatic carbocycles. The van der Waals surface area contributed by atoms with Gasteiger partial charge >= 0.3 is 0 Å². The second kappa shape index (κ2) is 5.04. The number of nitrogens with one attached hydrogen (secondary N) is 1. The number of carbonyl (C=O) groups excluding carboxylic acids is 1. The summed E-state index contributed by atoms with van der Waals surface area (Å²) < 4.78 is 0. The molecular weight excluding hydrogens is 228 g/mol. The Balaban J connectivity index is 1.57. The Hall–Kier alpha value is -1.46. The van der Waals surface area contributed by atoms with Crippen LogP contribution in [0.3, 0.4) is 0 Å². The zero-order valence-corrected chi connectivity index (χ0v) is 10.4. The molecule has 0 spiro atoms. The SMILES string of the molecule is O=C(c1ccccn1)N1CCN(C2CNC2)CC1. The van der Waals surface area contributed by atoms with Crippen LogP contribution >= 0.6 is 0 Å². The van der Waals surface area contributed by atoms with Crippen molar-refractivity contribution in [1.82, 2.24) is 20.1 Å². The van der Waals surface area contributed by atoms with Crippen LogP contribution in [0.5, 0.6) is 0 Å². The quantitative estimate of drug-likeness (QED) is 0.786. The number of piperazine rings is 1. The van der Waals surface area contributed by atoms with Crippen LogP contribution in [0.2, 0.25) is 0 Å². The van der Waals surface area contributed by atoms with E-state index in [2.05, 4.69) is 15.2 Å². The standard InChI is InChI=1S/C13H18N4O/c18-13(12-3-1-2-4-15-12)17-7-5-16(6-8-17)11-9-14-10-11/h1-4,11,14H,5-10H2. The van der Waals surface area contributed by atoms with Crippen LogP contribution in [-0.2, 0) is 0 Å². The number of amides is 1. The molecular formula is C13H18N4O. The zero-order chi connectivity index (χ0) is 12.4. The van der Waals surface area contributed by atoms with Crippen molar-refractivity contribution in [2.75, 3.05) is 39.3 Å². The normalized spacial score (nSPS) is 21.7. The van der Waals surface area contributed by atoms with Gasteiger partial charge in [0.1, 0.15) is 5.69 Å². The highest BCUT2D eigenvalue weighted by Crippen LogP contribution is 2.11. The molecule has 96 valence electrons. The molecule has 2 saturated heterocycles. The second-order valence-electron chi connectivity index (χ2n) is 4.86. The molecule has 0 saturated carbocycles. The summed E-state index contributed by atoms with van der Waals surface area (Å²) in [5.41, 5.74) is 0.552. The summed E-state index contributed by atoms with van der Waals surface area (Å²) in [5, 5.41) is 3.29. The first-order chi connectivity index (χ1) is 8.84. The predicted octanol–water partition coefficient (Wildman–Crippen LogP) is -0.189. The lowest BCUT2D eigenvalue weighted by molar-refractivity contribution is 0.0497. The molecule has 1 amide bonds. The van der Waals surface area contributed by atoms with Gasteiger partial charge in [0.05, 0.1) is 0 Å². The van der Waals surface area contributed by atoms with Crippen molar-refractivity contribution in [3.05, 3.63) is 30.1 Å². The van der Waals surface area contributed by atoms with Gasteiger partial charge in [-0.2, -0.15) is 0 Å². The van der Waals surface area contributed by atoms with Gasteiger partial charge in [0.2, 0.25) is 0 Å². The molecule has 5 nitrogen and oxygen atoms in total. The first kappa shape index (κ1) is 11.6. The van der Waals surface area contributed by atoms with Gasteiger partial charge in [-0.25, -0.2) is 0 Å². The Bertz CT molecular complexity index is 410. The molecule has 3 rings (SSSR count). The van der Waals surface area contributed by atoms with Crippen molar-refractivity contribution in [3.8, 4) is 0 Å². The van der Waals surface area contributed by atoms with Crippen LogP contribution in [0.25, 0.3) is 0 Å². The lowest BCUT2D eigenvalue weighted by Gasteiger charge is -2.43. The van der Waals surface area contributed by atoms with Gasteiger partial charge in [-0.05, 0) is 12.1 Å². The van der Waals surface area contributed by atoms with Gasteiger partial charge < -0.3 is 10.2 Å². The Morgan fingerprint density at radius 1 is 1.22 bits per heavy atom. The Morgan fingerprint density at radius 2 is 2.00 bits per heavy atom. The highest BCUT2D eigenvalue weighted by Gasteiger charge is 2.29. The monoisotopic (exact) mass is 246 g/mol. The van der Waals surface area contributed by atoms with Crippen LogP contribution in [0.15, 0.2) is 24.4 Å². The van der Waals surface area contributed by atoms with Crippen LogP contribution in [0.4, 0.5) is 0 Å². The summed E-state index contributed by atoms with van der Waals surface area (Å²) in [6, 6.07) is 6.15. The third kappa shape index (κ3) is 2.23. The van der Waals surface area contributed by atoms with Gasteiger partial charge in [-0.1, -0.05) is 6.07 Å². The highest BCUT2D eigenvalue weighted by atomic mass is 16.2. The third-order valence-corrected chi connectivity index (χ3v) is 3.76. The molecule has 2 aliphatic rings. The van der Waals surface area contributed by atoms with Crippen molar-refractivity contribution in [2.24, 2.45) is 0 Å². The van der Waals surface area contributed by atoms with E-state index < -0.39 is 0 Å². The third-order valence-electron chi connectivity index (χ3n) is 3.76. The van der Waals surface area contributed by atoms with Crippen LogP contribution in [0.1, 0.15) is 10.5 Å². The molecule has 1 N–H and O–H groups in total. The second-order valence-corrected chi connectivity index (χ2v) is 4.86. The van der Waals surface area contributed by atoms with E-state index in [9.17, 15) is 4.79 Å². The summed E-state index contributed by atoms with van der Waals surface area (Å²) in [6.45, 7) is 5.76. The Morgan fingerprint density at radius 3 is 2.56 bits per heavy atom. The molecule has 2 aliphatic heterocycles. The van der Waals surface area contributed by atoms with Crippen LogP contribution in [-0.4, -0.2) is 66.0 Å². The minimum Gasteiger partial charge on any atom is -0.335 e. The Kier molecular flexibility index (Phi) is 3.25. The molecule has 0 radical (unpaired) electrons. The van der Waals surface area contributed by atoms with E-state index in [0.717, 1.165) is 39.3 Å². The molecule has 0 unspecified atom stereocenters. The fourth-order valence-electron chi connectivity index (χ4n) is 2.47. The minimum absolute atomic E-state index is 0.0574. The fourth-order valence-corrected chi connectivity index (χ4v) is 2.47. The van der Waals surface area contributed by atoms with E-state index in [-0.39, 0.29) is 5.91 Å². The topological polar surface area (TPSA) is 48.5 Å². The van der Waals surface area contributed by atoms with Crippen LogP contribution in [0, 0.1) is 0 Å². The molecule has 1 aromatic rings. The first-order valence-electron chi connectivity index (χ1n) is 6.49. The number of carbonyl (C=O) groups is 1. The maximum absolute atomic E-state index is 12.2. The molecule has 0 bridgehead atoms. The van der Waals surface area contributed by atoms with Gasteiger partial charge in [-0.15, -0.1) is 0 Å². The summed E-state index contributed by atoms with van der Waals surface area (Å²) in [5.74, 6) is 0.0574. The number of pyridine rings is 1. The average molecular weight is 246 g/mol. The largest absolute Gasteiger partial charge is 0.335 e. The Labute approximate surface area is 107 Å². The van der Waals surface area contributed by atoms with Crippen molar-refractivity contribution < 1.29 is 4.79 Å². The molecule has 3 heterocycles. The van der Waals surface area contributed by atoms with Gasteiger partial charge in [-0.3, -0.25) is 14.7 Å². The molecule has 0 aliphatic carbocycles. The lowest BCUT2D eigenvalue weighted by atomic mass is 10.1.